The first-order valence-corrected chi connectivity index (χ1v) is 8.09. The molecule has 0 unspecified atom stereocenters. The highest BCUT2D eigenvalue weighted by Crippen LogP contribution is 2.67. The van der Waals surface area contributed by atoms with Crippen LogP contribution >= 0.6 is 11.6 Å². The Hall–Kier alpha value is -1.69. The average molecular weight is 340 g/mol. The molecule has 1 amide bonds. The Labute approximate surface area is 136 Å². The van der Waals surface area contributed by atoms with Crippen LogP contribution in [0.5, 0.6) is 0 Å². The van der Waals surface area contributed by atoms with Gasteiger partial charge in [-0.25, -0.2) is 8.78 Å². The van der Waals surface area contributed by atoms with Gasteiger partial charge in [0.15, 0.2) is 0 Å². The summed E-state index contributed by atoms with van der Waals surface area (Å²) in [6.45, 7) is 0. The number of H-pyrrole nitrogens is 1. The van der Waals surface area contributed by atoms with Crippen molar-refractivity contribution >= 4 is 28.4 Å². The molecule has 122 valence electrons. The quantitative estimate of drug-likeness (QED) is 0.871. The van der Waals surface area contributed by atoms with Gasteiger partial charge < -0.3 is 10.3 Å². The fraction of sp³-hybridized carbons (Fsp3) is 0.500. The van der Waals surface area contributed by atoms with Crippen LogP contribution in [-0.4, -0.2) is 27.8 Å². The van der Waals surface area contributed by atoms with Crippen molar-refractivity contribution < 1.29 is 13.6 Å². The Kier molecular flexibility index (Phi) is 3.17. The average Bonchev–Trinajstić information content (AvgIpc) is 2.86. The van der Waals surface area contributed by atoms with Crippen molar-refractivity contribution in [3.8, 4) is 0 Å². The summed E-state index contributed by atoms with van der Waals surface area (Å²) in [6, 6.07) is 1.64. The summed E-state index contributed by atoms with van der Waals surface area (Å²) in [6.07, 6.45) is 5.30. The van der Waals surface area contributed by atoms with Gasteiger partial charge in [-0.05, 0) is 31.7 Å². The molecule has 0 radical (unpaired) electrons. The smallest absolute Gasteiger partial charge is 0.267 e. The van der Waals surface area contributed by atoms with Gasteiger partial charge in [0.2, 0.25) is 0 Å². The normalized spacial score (nSPS) is 28.9. The number of fused-ring (bicyclic) bond motifs is 1. The number of aromatic amines is 1. The van der Waals surface area contributed by atoms with E-state index in [1.165, 1.54) is 6.20 Å². The first-order chi connectivity index (χ1) is 10.9. The van der Waals surface area contributed by atoms with Crippen molar-refractivity contribution in [2.24, 2.45) is 5.41 Å². The van der Waals surface area contributed by atoms with Crippen LogP contribution in [0.25, 0.3) is 10.9 Å². The van der Waals surface area contributed by atoms with Gasteiger partial charge in [0.05, 0.1) is 16.7 Å². The summed E-state index contributed by atoms with van der Waals surface area (Å²) in [5, 5.41) is 4.15. The molecule has 0 saturated heterocycles. The highest BCUT2D eigenvalue weighted by molar-refractivity contribution is 6.35. The van der Waals surface area contributed by atoms with Crippen LogP contribution in [0.15, 0.2) is 18.5 Å². The summed E-state index contributed by atoms with van der Waals surface area (Å²) < 4.78 is 26.7. The molecule has 2 aliphatic carbocycles. The van der Waals surface area contributed by atoms with Crippen molar-refractivity contribution in [3.05, 3.63) is 29.2 Å². The summed E-state index contributed by atoms with van der Waals surface area (Å²) in [5.74, 6) is -2.73. The van der Waals surface area contributed by atoms with Crippen molar-refractivity contribution in [1.82, 2.24) is 15.3 Å². The number of alkyl halides is 2. The van der Waals surface area contributed by atoms with Crippen LogP contribution in [0.2, 0.25) is 5.02 Å². The van der Waals surface area contributed by atoms with Crippen LogP contribution in [0.3, 0.4) is 0 Å². The van der Waals surface area contributed by atoms with Crippen molar-refractivity contribution in [2.75, 3.05) is 0 Å². The highest BCUT2D eigenvalue weighted by atomic mass is 35.5. The lowest BCUT2D eigenvalue weighted by Crippen LogP contribution is -2.39. The summed E-state index contributed by atoms with van der Waals surface area (Å²) >= 11 is 6.05. The molecular formula is C16H16ClF2N3O. The second-order valence-corrected chi connectivity index (χ2v) is 7.08. The first-order valence-electron chi connectivity index (χ1n) is 7.71. The van der Waals surface area contributed by atoms with Gasteiger partial charge in [-0.1, -0.05) is 11.6 Å². The van der Waals surface area contributed by atoms with Gasteiger partial charge in [0, 0.05) is 29.5 Å². The van der Waals surface area contributed by atoms with Gasteiger partial charge in [0.1, 0.15) is 5.69 Å². The number of amides is 1. The highest BCUT2D eigenvalue weighted by Gasteiger charge is 2.70. The third kappa shape index (κ3) is 2.40. The van der Waals surface area contributed by atoms with E-state index < -0.39 is 11.3 Å². The number of carbonyl (C=O) groups excluding carboxylic acids is 1. The van der Waals surface area contributed by atoms with E-state index in [-0.39, 0.29) is 18.4 Å². The summed E-state index contributed by atoms with van der Waals surface area (Å²) in [5.41, 5.74) is 0.323. The number of nitrogens with one attached hydrogen (secondary N) is 2. The van der Waals surface area contributed by atoms with Gasteiger partial charge in [-0.2, -0.15) is 0 Å². The van der Waals surface area contributed by atoms with E-state index in [2.05, 4.69) is 15.3 Å². The van der Waals surface area contributed by atoms with E-state index in [9.17, 15) is 13.6 Å². The number of pyridine rings is 1. The maximum absolute atomic E-state index is 13.4. The van der Waals surface area contributed by atoms with Gasteiger partial charge >= 0.3 is 0 Å². The molecule has 2 fully saturated rings. The topological polar surface area (TPSA) is 57.8 Å². The van der Waals surface area contributed by atoms with Crippen LogP contribution in [0.1, 0.15) is 42.6 Å². The molecule has 2 heterocycles. The third-order valence-corrected chi connectivity index (χ3v) is 5.53. The lowest BCUT2D eigenvalue weighted by atomic mass is 9.83. The minimum Gasteiger partial charge on any atom is -0.349 e. The molecule has 2 aromatic rings. The molecule has 23 heavy (non-hydrogen) atoms. The van der Waals surface area contributed by atoms with Crippen LogP contribution < -0.4 is 5.32 Å². The Morgan fingerprint density at radius 3 is 2.65 bits per heavy atom. The Morgan fingerprint density at radius 1 is 1.35 bits per heavy atom. The minimum absolute atomic E-state index is 0.00812. The Bertz CT molecular complexity index is 781. The zero-order chi connectivity index (χ0) is 16.2. The molecule has 2 aromatic heterocycles. The van der Waals surface area contributed by atoms with E-state index in [1.807, 2.05) is 0 Å². The second kappa shape index (κ2) is 4.90. The minimum atomic E-state index is -2.50. The molecule has 4 nitrogen and oxygen atoms in total. The molecule has 1 spiro atoms. The number of rotatable bonds is 2. The number of hydrogen-bond acceptors (Lipinski definition) is 2. The third-order valence-electron chi connectivity index (χ3n) is 5.23. The largest absolute Gasteiger partial charge is 0.349 e. The zero-order valence-corrected chi connectivity index (χ0v) is 13.1. The zero-order valence-electron chi connectivity index (χ0n) is 12.3. The fourth-order valence-electron chi connectivity index (χ4n) is 3.64. The van der Waals surface area contributed by atoms with E-state index >= 15 is 0 Å². The number of carbonyl (C=O) groups is 1. The van der Waals surface area contributed by atoms with E-state index in [4.69, 9.17) is 11.6 Å². The van der Waals surface area contributed by atoms with Crippen LogP contribution in [-0.2, 0) is 0 Å². The van der Waals surface area contributed by atoms with Crippen molar-refractivity contribution in [1.29, 1.82) is 0 Å². The number of nitrogens with zero attached hydrogens (tertiary/aromatic N) is 1. The first kappa shape index (κ1) is 14.9. The Morgan fingerprint density at radius 2 is 2.04 bits per heavy atom. The number of aromatic nitrogens is 2. The summed E-state index contributed by atoms with van der Waals surface area (Å²) in [7, 11) is 0. The van der Waals surface area contributed by atoms with Gasteiger partial charge in [-0.3, -0.25) is 9.78 Å². The van der Waals surface area contributed by atoms with Crippen molar-refractivity contribution in [2.45, 2.75) is 44.1 Å². The molecule has 0 atom stereocenters. The predicted molar refractivity (Wildman–Crippen MR) is 82.8 cm³/mol. The maximum Gasteiger partial charge on any atom is 0.267 e. The van der Waals surface area contributed by atoms with Gasteiger partial charge in [0.25, 0.3) is 11.8 Å². The molecule has 0 bridgehead atoms. The molecule has 7 heteroatoms. The van der Waals surface area contributed by atoms with Gasteiger partial charge in [-0.15, -0.1) is 0 Å². The lowest BCUT2D eigenvalue weighted by Gasteiger charge is -2.29. The molecule has 2 aliphatic rings. The molecule has 4 rings (SSSR count). The lowest BCUT2D eigenvalue weighted by molar-refractivity contribution is 0.0435. The maximum atomic E-state index is 13.4. The molecular weight excluding hydrogens is 324 g/mol. The van der Waals surface area contributed by atoms with Crippen LogP contribution in [0.4, 0.5) is 8.78 Å². The molecule has 2 saturated carbocycles. The van der Waals surface area contributed by atoms with E-state index in [1.54, 1.807) is 12.3 Å². The predicted octanol–water partition coefficient (Wildman–Crippen LogP) is 3.91. The van der Waals surface area contributed by atoms with E-state index in [0.29, 0.717) is 41.9 Å². The molecule has 2 N–H and O–H groups in total. The summed E-state index contributed by atoms with van der Waals surface area (Å²) in [4.78, 5) is 19.3. The molecule has 0 aliphatic heterocycles. The molecule has 0 aromatic carbocycles. The fourth-order valence-corrected chi connectivity index (χ4v) is 3.85. The SMILES string of the molecule is O=C(NC1CCC2(CC1)CC2(F)F)c1cc2c(Cl)cncc2[nH]1. The second-order valence-electron chi connectivity index (χ2n) is 6.67. The number of hydrogen-bond donors (Lipinski definition) is 2. The Balaban J connectivity index is 1.43. The standard InChI is InChI=1S/C16H16ClF2N3O/c17-11-6-20-7-13-10(11)5-12(22-13)14(23)21-9-1-3-15(4-2-9)8-16(15,18)19/h5-7,9,22H,1-4,8H2,(H,21,23). The monoisotopic (exact) mass is 339 g/mol. The van der Waals surface area contributed by atoms with E-state index in [0.717, 1.165) is 5.39 Å². The van der Waals surface area contributed by atoms with Crippen molar-refractivity contribution in [3.63, 3.8) is 0 Å². The number of halogens is 3. The van der Waals surface area contributed by atoms with Crippen LogP contribution in [0, 0.1) is 5.41 Å².